The number of esters is 1. The smallest absolute Gasteiger partial charge is 0.338 e. The van der Waals surface area contributed by atoms with Crippen LogP contribution in [0.2, 0.25) is 0 Å². The van der Waals surface area contributed by atoms with Gasteiger partial charge < -0.3 is 4.74 Å². The Morgan fingerprint density at radius 1 is 1.23 bits per heavy atom. The molecule has 1 aliphatic heterocycles. The van der Waals surface area contributed by atoms with Crippen LogP contribution in [0.25, 0.3) is 6.08 Å². The van der Waals surface area contributed by atoms with Crippen molar-refractivity contribution in [2.75, 3.05) is 6.61 Å². The van der Waals surface area contributed by atoms with Gasteiger partial charge in [0.25, 0.3) is 5.56 Å². The van der Waals surface area contributed by atoms with Gasteiger partial charge in [0.2, 0.25) is 0 Å². The maximum Gasteiger partial charge on any atom is 0.338 e. The fourth-order valence-corrected chi connectivity index (χ4v) is 4.84. The Labute approximate surface area is 183 Å². The molecule has 0 amide bonds. The zero-order valence-corrected chi connectivity index (χ0v) is 18.8. The van der Waals surface area contributed by atoms with Crippen molar-refractivity contribution in [3.05, 3.63) is 84.3 Å². The van der Waals surface area contributed by atoms with Crippen LogP contribution < -0.4 is 14.9 Å². The highest BCUT2D eigenvalue weighted by molar-refractivity contribution is 7.07. The van der Waals surface area contributed by atoms with Gasteiger partial charge in [0.15, 0.2) is 4.80 Å². The first-order chi connectivity index (χ1) is 15.0. The van der Waals surface area contributed by atoms with E-state index in [2.05, 4.69) is 10.1 Å². The van der Waals surface area contributed by atoms with Gasteiger partial charge in [-0.05, 0) is 39.3 Å². The van der Waals surface area contributed by atoms with Gasteiger partial charge in [-0.25, -0.2) is 9.79 Å². The molecule has 0 unspecified atom stereocenters. The molecule has 0 fully saturated rings. The molecule has 8 heteroatoms. The second-order valence-electron chi connectivity index (χ2n) is 7.21. The van der Waals surface area contributed by atoms with Crippen molar-refractivity contribution in [1.29, 1.82) is 0 Å². The highest BCUT2D eigenvalue weighted by Gasteiger charge is 2.33. The summed E-state index contributed by atoms with van der Waals surface area (Å²) in [5, 5.41) is 4.36. The van der Waals surface area contributed by atoms with Gasteiger partial charge in [0.05, 0.1) is 34.6 Å². The van der Waals surface area contributed by atoms with E-state index in [1.165, 1.54) is 11.3 Å². The zero-order valence-electron chi connectivity index (χ0n) is 18.0. The summed E-state index contributed by atoms with van der Waals surface area (Å²) in [7, 11) is 0. The van der Waals surface area contributed by atoms with Gasteiger partial charge >= 0.3 is 5.97 Å². The quantitative estimate of drug-likeness (QED) is 0.575. The number of aryl methyl sites for hydroxylation is 1. The standard InChI is InChI=1S/C23H24N4O3S/c1-5-26-15(4)17(13-24-26)12-18-21(28)27-20(16-10-8-7-9-11-16)19(22(29)30-6-2)14(3)25-23(27)31-18/h7-13,20H,5-6H2,1-4H3/b18-12+/t20-/m0/s1. The SMILES string of the molecule is CCOC(=O)C1=C(C)N=c2s/c(=C/c3cnn(CC)c3C)c(=O)n2[C@H]1c1ccccc1. The number of thiazole rings is 1. The molecule has 1 aliphatic rings. The van der Waals surface area contributed by atoms with Gasteiger partial charge in [0, 0.05) is 17.8 Å². The number of ether oxygens (including phenoxy) is 1. The molecule has 3 heterocycles. The molecule has 0 saturated carbocycles. The van der Waals surface area contributed by atoms with Crippen LogP contribution in [0, 0.1) is 6.92 Å². The molecule has 1 atom stereocenters. The molecule has 1 aromatic carbocycles. The Morgan fingerprint density at radius 3 is 2.61 bits per heavy atom. The van der Waals surface area contributed by atoms with Crippen molar-refractivity contribution in [3.8, 4) is 0 Å². The number of benzene rings is 1. The van der Waals surface area contributed by atoms with Crippen LogP contribution in [-0.4, -0.2) is 26.9 Å². The molecule has 0 aliphatic carbocycles. The Bertz CT molecular complexity index is 1350. The normalized spacial score (nSPS) is 16.3. The number of fused-ring (bicyclic) bond motifs is 1. The topological polar surface area (TPSA) is 78.5 Å². The van der Waals surface area contributed by atoms with Crippen LogP contribution in [0.5, 0.6) is 0 Å². The first-order valence-electron chi connectivity index (χ1n) is 10.2. The minimum atomic E-state index is -0.585. The molecular weight excluding hydrogens is 412 g/mol. The third-order valence-electron chi connectivity index (χ3n) is 5.36. The predicted molar refractivity (Wildman–Crippen MR) is 119 cm³/mol. The fraction of sp³-hybridized carbons (Fsp3) is 0.304. The lowest BCUT2D eigenvalue weighted by Gasteiger charge is -2.24. The summed E-state index contributed by atoms with van der Waals surface area (Å²) in [5.41, 5.74) is 3.50. The van der Waals surface area contributed by atoms with Crippen molar-refractivity contribution in [3.63, 3.8) is 0 Å². The molecule has 3 aromatic rings. The number of carbonyl (C=O) groups excluding carboxylic acids is 1. The first kappa shape index (κ1) is 21.0. The second-order valence-corrected chi connectivity index (χ2v) is 8.22. The van der Waals surface area contributed by atoms with E-state index < -0.39 is 12.0 Å². The van der Waals surface area contributed by atoms with Crippen molar-refractivity contribution < 1.29 is 9.53 Å². The monoisotopic (exact) mass is 436 g/mol. The largest absolute Gasteiger partial charge is 0.463 e. The summed E-state index contributed by atoms with van der Waals surface area (Å²) in [5.74, 6) is -0.452. The maximum absolute atomic E-state index is 13.5. The van der Waals surface area contributed by atoms with E-state index in [0.717, 1.165) is 23.4 Å². The van der Waals surface area contributed by atoms with Crippen LogP contribution in [0.1, 0.15) is 43.6 Å². The Hall–Kier alpha value is -3.26. The average Bonchev–Trinajstić information content (AvgIpc) is 3.27. The van der Waals surface area contributed by atoms with Gasteiger partial charge in [-0.1, -0.05) is 41.7 Å². The van der Waals surface area contributed by atoms with Crippen LogP contribution in [0.15, 0.2) is 57.6 Å². The van der Waals surface area contributed by atoms with Gasteiger partial charge in [0.1, 0.15) is 0 Å². The summed E-state index contributed by atoms with van der Waals surface area (Å²) in [6.07, 6.45) is 3.62. The third-order valence-corrected chi connectivity index (χ3v) is 6.34. The van der Waals surface area contributed by atoms with Gasteiger partial charge in [-0.15, -0.1) is 0 Å². The minimum Gasteiger partial charge on any atom is -0.463 e. The number of aromatic nitrogens is 3. The van der Waals surface area contributed by atoms with E-state index in [9.17, 15) is 9.59 Å². The number of allylic oxidation sites excluding steroid dienone is 1. The van der Waals surface area contributed by atoms with E-state index >= 15 is 0 Å². The molecule has 7 nitrogen and oxygen atoms in total. The Balaban J connectivity index is 1.95. The molecule has 31 heavy (non-hydrogen) atoms. The molecule has 0 N–H and O–H groups in total. The van der Waals surface area contributed by atoms with E-state index in [4.69, 9.17) is 4.74 Å². The molecule has 2 aromatic heterocycles. The highest BCUT2D eigenvalue weighted by atomic mass is 32.1. The van der Waals surface area contributed by atoms with Crippen molar-refractivity contribution >= 4 is 23.4 Å². The van der Waals surface area contributed by atoms with E-state index in [0.29, 0.717) is 20.6 Å². The molecule has 160 valence electrons. The summed E-state index contributed by atoms with van der Waals surface area (Å²) in [6.45, 7) is 8.57. The van der Waals surface area contributed by atoms with Crippen LogP contribution >= 0.6 is 11.3 Å². The predicted octanol–water partition coefficient (Wildman–Crippen LogP) is 2.32. The Kier molecular flexibility index (Phi) is 5.73. The molecule has 0 bridgehead atoms. The van der Waals surface area contributed by atoms with E-state index in [1.807, 2.05) is 54.9 Å². The molecule has 0 radical (unpaired) electrons. The van der Waals surface area contributed by atoms with Crippen molar-refractivity contribution in [1.82, 2.24) is 14.3 Å². The minimum absolute atomic E-state index is 0.185. The van der Waals surface area contributed by atoms with Crippen LogP contribution in [0.4, 0.5) is 0 Å². The average molecular weight is 437 g/mol. The molecular formula is C23H24N4O3S. The van der Waals surface area contributed by atoms with Crippen molar-refractivity contribution in [2.24, 2.45) is 4.99 Å². The van der Waals surface area contributed by atoms with Gasteiger partial charge in [-0.3, -0.25) is 14.0 Å². The number of rotatable bonds is 5. The molecule has 4 rings (SSSR count). The lowest BCUT2D eigenvalue weighted by atomic mass is 9.96. The summed E-state index contributed by atoms with van der Waals surface area (Å²) in [4.78, 5) is 31.5. The zero-order chi connectivity index (χ0) is 22.1. The van der Waals surface area contributed by atoms with E-state index in [1.54, 1.807) is 24.6 Å². The lowest BCUT2D eigenvalue weighted by Crippen LogP contribution is -2.39. The van der Waals surface area contributed by atoms with Crippen LogP contribution in [0.3, 0.4) is 0 Å². The molecule has 0 spiro atoms. The maximum atomic E-state index is 13.5. The van der Waals surface area contributed by atoms with E-state index in [-0.39, 0.29) is 12.2 Å². The van der Waals surface area contributed by atoms with Crippen molar-refractivity contribution in [2.45, 2.75) is 40.3 Å². The third kappa shape index (κ3) is 3.67. The Morgan fingerprint density at radius 2 is 1.97 bits per heavy atom. The summed E-state index contributed by atoms with van der Waals surface area (Å²) < 4.78 is 9.35. The first-order valence-corrected chi connectivity index (χ1v) is 11.0. The highest BCUT2D eigenvalue weighted by Crippen LogP contribution is 2.30. The number of hydrogen-bond donors (Lipinski definition) is 0. The molecule has 0 saturated heterocycles. The summed E-state index contributed by atoms with van der Waals surface area (Å²) in [6, 6.07) is 8.93. The lowest BCUT2D eigenvalue weighted by molar-refractivity contribution is -0.139. The summed E-state index contributed by atoms with van der Waals surface area (Å²) >= 11 is 1.32. The number of carbonyl (C=O) groups is 1. The number of nitrogens with zero attached hydrogens (tertiary/aromatic N) is 4. The fourth-order valence-electron chi connectivity index (χ4n) is 3.80. The second kappa shape index (κ2) is 8.47. The number of hydrogen-bond acceptors (Lipinski definition) is 6. The van der Waals surface area contributed by atoms with Gasteiger partial charge in [-0.2, -0.15) is 5.10 Å². The van der Waals surface area contributed by atoms with Crippen LogP contribution in [-0.2, 0) is 16.1 Å².